The van der Waals surface area contributed by atoms with Crippen molar-refractivity contribution in [2.75, 3.05) is 7.11 Å². The molecule has 10 nitrogen and oxygen atoms in total. The number of aromatic hydroxyl groups is 2. The third kappa shape index (κ3) is 3.87. The first-order valence-electron chi connectivity index (χ1n) is 12.3. The maximum absolute atomic E-state index is 13.6. The van der Waals surface area contributed by atoms with Gasteiger partial charge in [0, 0.05) is 23.5 Å². The number of rotatable bonds is 5. The number of aliphatic hydroxyl groups excluding tert-OH is 2. The van der Waals surface area contributed by atoms with Crippen LogP contribution in [0.25, 0.3) is 11.8 Å². The summed E-state index contributed by atoms with van der Waals surface area (Å²) in [6.45, 7) is 0. The number of hydrogen-bond acceptors (Lipinski definition) is 9. The topological polar surface area (TPSA) is 188 Å². The van der Waals surface area contributed by atoms with Crippen molar-refractivity contribution >= 4 is 29.3 Å². The highest BCUT2D eigenvalue weighted by Crippen LogP contribution is 2.52. The lowest BCUT2D eigenvalue weighted by Crippen LogP contribution is -2.58. The maximum Gasteiger partial charge on any atom is 0.255 e. The van der Waals surface area contributed by atoms with Crippen LogP contribution in [0.1, 0.15) is 35.1 Å². The van der Waals surface area contributed by atoms with Crippen LogP contribution in [0, 0.1) is 11.8 Å². The van der Waals surface area contributed by atoms with Gasteiger partial charge in [-0.05, 0) is 48.4 Å². The number of methoxy groups -OCH3 is 1. The lowest BCUT2D eigenvalue weighted by Gasteiger charge is -2.46. The summed E-state index contributed by atoms with van der Waals surface area (Å²) in [4.78, 5) is 37.8. The zero-order valence-corrected chi connectivity index (χ0v) is 21.0. The number of fused-ring (bicyclic) bond motifs is 3. The maximum atomic E-state index is 13.6. The highest BCUT2D eigenvalue weighted by atomic mass is 16.5. The van der Waals surface area contributed by atoms with Crippen LogP contribution in [0.15, 0.2) is 53.3 Å². The first-order valence-corrected chi connectivity index (χ1v) is 12.3. The van der Waals surface area contributed by atoms with E-state index in [0.29, 0.717) is 28.9 Å². The molecule has 0 heterocycles. The van der Waals surface area contributed by atoms with Crippen LogP contribution >= 0.6 is 0 Å². The second-order valence-electron chi connectivity index (χ2n) is 10.0. The van der Waals surface area contributed by atoms with Gasteiger partial charge in [-0.3, -0.25) is 14.4 Å². The number of benzene rings is 2. The van der Waals surface area contributed by atoms with Crippen LogP contribution in [-0.2, 0) is 27.2 Å². The predicted octanol–water partition coefficient (Wildman–Crippen LogP) is 2.39. The molecule has 0 aromatic heterocycles. The molecule has 1 fully saturated rings. The number of primary amides is 1. The molecular weight excluding hydrogens is 506 g/mol. The summed E-state index contributed by atoms with van der Waals surface area (Å²) >= 11 is 0. The van der Waals surface area contributed by atoms with Crippen molar-refractivity contribution in [1.82, 2.24) is 0 Å². The molecular formula is C29H27NO9. The molecule has 3 atom stereocenters. The van der Waals surface area contributed by atoms with E-state index < -0.39 is 52.0 Å². The number of phenolic OH excluding ortho intramolecular Hbond substituents is 2. The highest BCUT2D eigenvalue weighted by molar-refractivity contribution is 6.22. The smallest absolute Gasteiger partial charge is 0.255 e. The number of aliphatic hydroxyl groups is 3. The van der Waals surface area contributed by atoms with Gasteiger partial charge in [-0.2, -0.15) is 0 Å². The van der Waals surface area contributed by atoms with E-state index in [-0.39, 0.29) is 41.9 Å². The first kappa shape index (κ1) is 26.1. The number of phenols is 2. The Bertz CT molecular complexity index is 1530. The van der Waals surface area contributed by atoms with Gasteiger partial charge in [0.15, 0.2) is 22.9 Å². The minimum atomic E-state index is -2.60. The van der Waals surface area contributed by atoms with Gasteiger partial charge >= 0.3 is 0 Å². The van der Waals surface area contributed by atoms with Crippen molar-refractivity contribution < 1.29 is 44.7 Å². The molecule has 2 aromatic rings. The second-order valence-corrected chi connectivity index (χ2v) is 10.0. The molecule has 5 rings (SSSR count). The van der Waals surface area contributed by atoms with E-state index in [0.717, 1.165) is 0 Å². The minimum absolute atomic E-state index is 0.0218. The molecule has 202 valence electrons. The van der Waals surface area contributed by atoms with Crippen LogP contribution in [0.5, 0.6) is 17.2 Å². The Morgan fingerprint density at radius 3 is 2.56 bits per heavy atom. The summed E-state index contributed by atoms with van der Waals surface area (Å²) in [5.74, 6) is -6.28. The summed E-state index contributed by atoms with van der Waals surface area (Å²) in [6.07, 6.45) is 3.81. The third-order valence-corrected chi connectivity index (χ3v) is 7.92. The number of ether oxygens (including phenoxy) is 1. The van der Waals surface area contributed by atoms with Gasteiger partial charge in [0.25, 0.3) is 5.91 Å². The fourth-order valence-corrected chi connectivity index (χ4v) is 6.01. The predicted molar refractivity (Wildman–Crippen MR) is 139 cm³/mol. The quantitative estimate of drug-likeness (QED) is 0.314. The van der Waals surface area contributed by atoms with Crippen LogP contribution in [0.2, 0.25) is 0 Å². The Balaban J connectivity index is 1.55. The second kappa shape index (κ2) is 9.32. The number of allylic oxidation sites excluding steroid dienone is 1. The van der Waals surface area contributed by atoms with E-state index in [1.807, 2.05) is 0 Å². The molecule has 3 aliphatic rings. The lowest BCUT2D eigenvalue weighted by atomic mass is 9.59. The van der Waals surface area contributed by atoms with E-state index >= 15 is 0 Å². The van der Waals surface area contributed by atoms with E-state index in [9.17, 15) is 39.9 Å². The summed E-state index contributed by atoms with van der Waals surface area (Å²) < 4.78 is 5.14. The molecule has 2 aromatic carbocycles. The molecule has 1 amide bonds. The zero-order chi connectivity index (χ0) is 28.2. The van der Waals surface area contributed by atoms with Crippen LogP contribution in [-0.4, -0.2) is 55.7 Å². The van der Waals surface area contributed by atoms with Crippen LogP contribution < -0.4 is 10.5 Å². The van der Waals surface area contributed by atoms with Gasteiger partial charge in [0.05, 0.1) is 12.7 Å². The van der Waals surface area contributed by atoms with Crippen molar-refractivity contribution in [3.05, 3.63) is 75.6 Å². The van der Waals surface area contributed by atoms with Gasteiger partial charge in [0.1, 0.15) is 22.8 Å². The van der Waals surface area contributed by atoms with Crippen molar-refractivity contribution in [3.8, 4) is 17.2 Å². The molecule has 0 radical (unpaired) electrons. The monoisotopic (exact) mass is 533 g/mol. The van der Waals surface area contributed by atoms with E-state index in [1.165, 1.54) is 13.2 Å². The molecule has 3 unspecified atom stereocenters. The van der Waals surface area contributed by atoms with Gasteiger partial charge in [-0.25, -0.2) is 0 Å². The number of carbonyl (C=O) groups excluding carboxylic acids is 3. The van der Waals surface area contributed by atoms with Gasteiger partial charge in [-0.15, -0.1) is 0 Å². The fourth-order valence-electron chi connectivity index (χ4n) is 6.01. The number of para-hydroxylation sites is 1. The first-order chi connectivity index (χ1) is 18.5. The molecule has 1 saturated carbocycles. The highest BCUT2D eigenvalue weighted by Gasteiger charge is 2.60. The number of hydrogen-bond donors (Lipinski definition) is 6. The Hall–Kier alpha value is -4.57. The SMILES string of the molecule is COc1cccc(C/C=C/c2ccc(O)c3c2CC2CC4CC(=O)C(C(N)=O)=C(O)C4(O)C(=O)C2=C3O)c1O. The standard InChI is InChI=1S/C29H27NO9/c1-39-20-7-3-6-14(24(20)33)5-2-4-13-8-9-18(31)22-17(13)11-15-10-16-12-19(32)23(28(30)37)27(36)29(16,38)26(35)21(15)25(22)34/h2-4,6-9,15-16,31,33-34,36,38H,5,10-12H2,1H3,(H2,30,37)/b4-2+. The number of Topliss-reactive ketones (excluding diaryl/α,β-unsaturated/α-hetero) is 2. The van der Waals surface area contributed by atoms with Crippen molar-refractivity contribution in [2.24, 2.45) is 17.6 Å². The number of amides is 1. The largest absolute Gasteiger partial charge is 0.508 e. The summed E-state index contributed by atoms with van der Waals surface area (Å²) in [5, 5.41) is 54.1. The number of nitrogens with two attached hydrogens (primary N) is 1. The fraction of sp³-hybridized carbons (Fsp3) is 0.276. The van der Waals surface area contributed by atoms with Gasteiger partial charge in [0.2, 0.25) is 5.78 Å². The molecule has 0 aliphatic heterocycles. The Kier molecular flexibility index (Phi) is 6.22. The average molecular weight is 534 g/mol. The molecule has 10 heteroatoms. The van der Waals surface area contributed by atoms with Crippen molar-refractivity contribution in [3.63, 3.8) is 0 Å². The van der Waals surface area contributed by atoms with E-state index in [2.05, 4.69) is 0 Å². The van der Waals surface area contributed by atoms with Crippen LogP contribution in [0.4, 0.5) is 0 Å². The summed E-state index contributed by atoms with van der Waals surface area (Å²) in [6, 6.07) is 8.18. The number of ketones is 2. The Labute approximate surface area is 223 Å². The summed E-state index contributed by atoms with van der Waals surface area (Å²) in [5.41, 5.74) is 3.47. The van der Waals surface area contributed by atoms with E-state index in [1.54, 1.807) is 36.4 Å². The molecule has 0 bridgehead atoms. The molecule has 3 aliphatic carbocycles. The average Bonchev–Trinajstić information content (AvgIpc) is 2.88. The normalized spacial score (nSPS) is 24.5. The van der Waals surface area contributed by atoms with Crippen LogP contribution in [0.3, 0.4) is 0 Å². The van der Waals surface area contributed by atoms with Gasteiger partial charge in [-0.1, -0.05) is 30.4 Å². The molecule has 7 N–H and O–H groups in total. The molecule has 0 saturated heterocycles. The zero-order valence-electron chi connectivity index (χ0n) is 21.0. The minimum Gasteiger partial charge on any atom is -0.508 e. The molecule has 0 spiro atoms. The Morgan fingerprint density at radius 2 is 1.87 bits per heavy atom. The Morgan fingerprint density at radius 1 is 1.13 bits per heavy atom. The van der Waals surface area contributed by atoms with E-state index in [4.69, 9.17) is 10.5 Å². The molecule has 39 heavy (non-hydrogen) atoms. The van der Waals surface area contributed by atoms with Gasteiger partial charge < -0.3 is 36.0 Å². The third-order valence-electron chi connectivity index (χ3n) is 7.92. The van der Waals surface area contributed by atoms with Crippen molar-refractivity contribution in [1.29, 1.82) is 0 Å². The lowest BCUT2D eigenvalue weighted by molar-refractivity contribution is -0.147. The van der Waals surface area contributed by atoms with Crippen molar-refractivity contribution in [2.45, 2.75) is 31.3 Å². The number of carbonyl (C=O) groups is 3. The summed E-state index contributed by atoms with van der Waals surface area (Å²) in [7, 11) is 1.46.